The van der Waals surface area contributed by atoms with Crippen LogP contribution in [0.1, 0.15) is 12.0 Å². The van der Waals surface area contributed by atoms with Gasteiger partial charge in [-0.05, 0) is 12.0 Å². The molecule has 0 aromatic heterocycles. The summed E-state index contributed by atoms with van der Waals surface area (Å²) >= 11 is 0. The van der Waals surface area contributed by atoms with Gasteiger partial charge in [0.25, 0.3) is 0 Å². The molecule has 2 rings (SSSR count). The molecule has 18 heavy (non-hydrogen) atoms. The first-order chi connectivity index (χ1) is 8.70. The summed E-state index contributed by atoms with van der Waals surface area (Å²) in [5, 5.41) is 0. The van der Waals surface area contributed by atoms with E-state index in [9.17, 15) is 9.18 Å². The molecule has 0 N–H and O–H groups in total. The maximum absolute atomic E-state index is 13.8. The van der Waals surface area contributed by atoms with E-state index in [0.29, 0.717) is 19.5 Å². The van der Waals surface area contributed by atoms with Gasteiger partial charge in [0.1, 0.15) is 5.83 Å². The number of hydrogen-bond donors (Lipinski definition) is 0. The Labute approximate surface area is 106 Å². The SMILES string of the molecule is COC(=O)C1=C(F)CN(Cc2ccccc2)CC1. The number of benzene rings is 1. The number of rotatable bonds is 3. The number of hydrogen-bond acceptors (Lipinski definition) is 3. The Kier molecular flexibility index (Phi) is 4.10. The van der Waals surface area contributed by atoms with Crippen molar-refractivity contribution in [2.75, 3.05) is 20.2 Å². The lowest BCUT2D eigenvalue weighted by Gasteiger charge is -2.26. The molecule has 0 atom stereocenters. The molecule has 96 valence electrons. The summed E-state index contributed by atoms with van der Waals surface area (Å²) in [6, 6.07) is 9.90. The summed E-state index contributed by atoms with van der Waals surface area (Å²) in [5.41, 5.74) is 1.33. The van der Waals surface area contributed by atoms with Crippen LogP contribution in [-0.2, 0) is 16.1 Å². The van der Waals surface area contributed by atoms with Crippen molar-refractivity contribution in [2.45, 2.75) is 13.0 Å². The largest absolute Gasteiger partial charge is 0.466 e. The maximum Gasteiger partial charge on any atom is 0.336 e. The molecule has 0 bridgehead atoms. The summed E-state index contributed by atoms with van der Waals surface area (Å²) in [6.45, 7) is 1.55. The highest BCUT2D eigenvalue weighted by atomic mass is 19.1. The Morgan fingerprint density at radius 1 is 1.39 bits per heavy atom. The first-order valence-electron chi connectivity index (χ1n) is 5.93. The van der Waals surface area contributed by atoms with Crippen LogP contribution < -0.4 is 0 Å². The standard InChI is InChI=1S/C14H16FNO2/c1-18-14(17)12-7-8-16(10-13(12)15)9-11-5-3-2-4-6-11/h2-6H,7-10H2,1H3. The van der Waals surface area contributed by atoms with Gasteiger partial charge < -0.3 is 4.74 Å². The minimum Gasteiger partial charge on any atom is -0.466 e. The van der Waals surface area contributed by atoms with Gasteiger partial charge in [-0.15, -0.1) is 0 Å². The molecule has 3 nitrogen and oxygen atoms in total. The van der Waals surface area contributed by atoms with E-state index in [2.05, 4.69) is 4.74 Å². The zero-order valence-corrected chi connectivity index (χ0v) is 10.4. The summed E-state index contributed by atoms with van der Waals surface area (Å²) in [7, 11) is 1.28. The molecule has 1 aromatic carbocycles. The summed E-state index contributed by atoms with van der Waals surface area (Å²) in [4.78, 5) is 13.3. The molecule has 1 aliphatic rings. The van der Waals surface area contributed by atoms with Crippen molar-refractivity contribution in [3.05, 3.63) is 47.3 Å². The highest BCUT2D eigenvalue weighted by Crippen LogP contribution is 2.21. The van der Waals surface area contributed by atoms with Crippen LogP contribution in [0.3, 0.4) is 0 Å². The molecule has 1 aromatic rings. The van der Waals surface area contributed by atoms with Crippen LogP contribution in [0.25, 0.3) is 0 Å². The number of methoxy groups -OCH3 is 1. The van der Waals surface area contributed by atoms with Gasteiger partial charge in [-0.2, -0.15) is 0 Å². The van der Waals surface area contributed by atoms with Crippen molar-refractivity contribution in [3.63, 3.8) is 0 Å². The average molecular weight is 249 g/mol. The van der Waals surface area contributed by atoms with Crippen LogP contribution in [0.4, 0.5) is 4.39 Å². The van der Waals surface area contributed by atoms with E-state index in [0.717, 1.165) is 5.56 Å². The Hall–Kier alpha value is -1.68. The fourth-order valence-electron chi connectivity index (χ4n) is 2.09. The zero-order chi connectivity index (χ0) is 13.0. The Morgan fingerprint density at radius 2 is 2.11 bits per heavy atom. The van der Waals surface area contributed by atoms with E-state index in [-0.39, 0.29) is 17.9 Å². The predicted octanol–water partition coefficient (Wildman–Crippen LogP) is 2.29. The first kappa shape index (κ1) is 12.8. The van der Waals surface area contributed by atoms with Crippen LogP contribution >= 0.6 is 0 Å². The molecule has 0 fully saturated rings. The lowest BCUT2D eigenvalue weighted by Crippen LogP contribution is -2.32. The molecule has 0 spiro atoms. The molecular formula is C14H16FNO2. The van der Waals surface area contributed by atoms with E-state index in [4.69, 9.17) is 0 Å². The zero-order valence-electron chi connectivity index (χ0n) is 10.4. The van der Waals surface area contributed by atoms with Gasteiger partial charge in [0.15, 0.2) is 0 Å². The van der Waals surface area contributed by atoms with Gasteiger partial charge in [-0.3, -0.25) is 4.90 Å². The lowest BCUT2D eigenvalue weighted by molar-refractivity contribution is -0.136. The molecule has 0 amide bonds. The molecule has 0 unspecified atom stereocenters. The van der Waals surface area contributed by atoms with Gasteiger partial charge in [0.05, 0.1) is 19.2 Å². The van der Waals surface area contributed by atoms with E-state index >= 15 is 0 Å². The molecule has 0 saturated heterocycles. The number of ether oxygens (including phenoxy) is 1. The maximum atomic E-state index is 13.8. The first-order valence-corrected chi connectivity index (χ1v) is 5.93. The van der Waals surface area contributed by atoms with Crippen LogP contribution in [0.2, 0.25) is 0 Å². The number of esters is 1. The second-order valence-corrected chi connectivity index (χ2v) is 4.32. The quantitative estimate of drug-likeness (QED) is 0.770. The highest BCUT2D eigenvalue weighted by Gasteiger charge is 2.24. The van der Waals surface area contributed by atoms with Crippen LogP contribution in [-0.4, -0.2) is 31.1 Å². The number of nitrogens with zero attached hydrogens (tertiary/aromatic N) is 1. The number of halogens is 1. The minimum absolute atomic E-state index is 0.180. The smallest absolute Gasteiger partial charge is 0.336 e. The molecule has 0 saturated carbocycles. The van der Waals surface area contributed by atoms with Crippen LogP contribution in [0, 0.1) is 0 Å². The number of carbonyl (C=O) groups excluding carboxylic acids is 1. The van der Waals surface area contributed by atoms with Gasteiger partial charge in [-0.1, -0.05) is 30.3 Å². The minimum atomic E-state index is -0.549. The van der Waals surface area contributed by atoms with Crippen molar-refractivity contribution in [1.29, 1.82) is 0 Å². The van der Waals surface area contributed by atoms with Crippen molar-refractivity contribution in [1.82, 2.24) is 4.90 Å². The Bertz CT molecular complexity index is 456. The van der Waals surface area contributed by atoms with E-state index in [1.54, 1.807) is 0 Å². The number of carbonyl (C=O) groups is 1. The molecule has 0 radical (unpaired) electrons. The fourth-order valence-corrected chi connectivity index (χ4v) is 2.09. The molecule has 0 aliphatic carbocycles. The molecular weight excluding hydrogens is 233 g/mol. The monoisotopic (exact) mass is 249 g/mol. The van der Waals surface area contributed by atoms with Crippen molar-refractivity contribution in [3.8, 4) is 0 Å². The average Bonchev–Trinajstić information content (AvgIpc) is 2.39. The van der Waals surface area contributed by atoms with Gasteiger partial charge in [0.2, 0.25) is 0 Å². The van der Waals surface area contributed by atoms with Crippen molar-refractivity contribution >= 4 is 5.97 Å². The molecule has 1 heterocycles. The third-order valence-electron chi connectivity index (χ3n) is 3.05. The second kappa shape index (κ2) is 5.78. The molecule has 1 aliphatic heterocycles. The fraction of sp³-hybridized carbons (Fsp3) is 0.357. The van der Waals surface area contributed by atoms with Crippen LogP contribution in [0.5, 0.6) is 0 Å². The molecule has 4 heteroatoms. The third kappa shape index (κ3) is 2.96. The second-order valence-electron chi connectivity index (χ2n) is 4.32. The Balaban J connectivity index is 2.01. The summed E-state index contributed by atoms with van der Waals surface area (Å²) < 4.78 is 18.3. The van der Waals surface area contributed by atoms with Gasteiger partial charge in [0, 0.05) is 13.1 Å². The van der Waals surface area contributed by atoms with E-state index < -0.39 is 5.97 Å². The topological polar surface area (TPSA) is 29.5 Å². The highest BCUT2D eigenvalue weighted by molar-refractivity contribution is 5.89. The predicted molar refractivity (Wildman–Crippen MR) is 66.5 cm³/mol. The summed E-state index contributed by atoms with van der Waals surface area (Å²) in [6.07, 6.45) is 0.408. The summed E-state index contributed by atoms with van der Waals surface area (Å²) in [5.74, 6) is -0.920. The van der Waals surface area contributed by atoms with Gasteiger partial charge in [-0.25, -0.2) is 9.18 Å². The van der Waals surface area contributed by atoms with E-state index in [1.165, 1.54) is 7.11 Å². The lowest BCUT2D eigenvalue weighted by atomic mass is 10.1. The van der Waals surface area contributed by atoms with Crippen molar-refractivity contribution in [2.24, 2.45) is 0 Å². The normalized spacial score (nSPS) is 16.8. The van der Waals surface area contributed by atoms with E-state index in [1.807, 2.05) is 35.2 Å². The van der Waals surface area contributed by atoms with Gasteiger partial charge >= 0.3 is 5.97 Å². The Morgan fingerprint density at radius 3 is 2.72 bits per heavy atom. The third-order valence-corrected chi connectivity index (χ3v) is 3.05. The van der Waals surface area contributed by atoms with Crippen LogP contribution in [0.15, 0.2) is 41.7 Å². The van der Waals surface area contributed by atoms with Crippen molar-refractivity contribution < 1.29 is 13.9 Å².